The van der Waals surface area contributed by atoms with Crippen molar-refractivity contribution in [3.05, 3.63) is 23.8 Å². The summed E-state index contributed by atoms with van der Waals surface area (Å²) in [5.41, 5.74) is 9.03. The number of hydrogen-bond acceptors (Lipinski definition) is 2. The fourth-order valence-electron chi connectivity index (χ4n) is 2.15. The number of nitrogens with two attached hydrogens (primary N) is 1. The van der Waals surface area contributed by atoms with Crippen LogP contribution in [0.5, 0.6) is 0 Å². The third kappa shape index (κ3) is 2.25. The van der Waals surface area contributed by atoms with Crippen molar-refractivity contribution < 1.29 is 0 Å². The van der Waals surface area contributed by atoms with Gasteiger partial charge in [-0.3, -0.25) is 0 Å². The van der Waals surface area contributed by atoms with Crippen LogP contribution in [0.1, 0.15) is 31.7 Å². The summed E-state index contributed by atoms with van der Waals surface area (Å²) < 4.78 is 0. The molecule has 2 nitrogen and oxygen atoms in total. The van der Waals surface area contributed by atoms with Crippen molar-refractivity contribution in [2.75, 3.05) is 11.1 Å². The summed E-state index contributed by atoms with van der Waals surface area (Å²) in [5.74, 6) is 0.863. The molecular formula is C13H20N2. The summed E-state index contributed by atoms with van der Waals surface area (Å²) in [7, 11) is 0. The molecule has 1 unspecified atom stereocenters. The zero-order valence-corrected chi connectivity index (χ0v) is 9.59. The SMILES string of the molecule is Cc1cc(N)ccc1NC(C)C1CCC1. The molecule has 0 bridgehead atoms. The van der Waals surface area contributed by atoms with E-state index in [4.69, 9.17) is 5.73 Å². The second kappa shape index (κ2) is 4.13. The minimum Gasteiger partial charge on any atom is -0.399 e. The van der Waals surface area contributed by atoms with Crippen LogP contribution in [0.25, 0.3) is 0 Å². The number of hydrogen-bond donors (Lipinski definition) is 2. The predicted octanol–water partition coefficient (Wildman–Crippen LogP) is 3.18. The summed E-state index contributed by atoms with van der Waals surface area (Å²) in [6.07, 6.45) is 4.15. The third-order valence-corrected chi connectivity index (χ3v) is 3.49. The molecule has 1 fully saturated rings. The van der Waals surface area contributed by atoms with Gasteiger partial charge in [-0.2, -0.15) is 0 Å². The van der Waals surface area contributed by atoms with Gasteiger partial charge in [-0.15, -0.1) is 0 Å². The molecule has 1 aromatic carbocycles. The molecule has 0 heterocycles. The van der Waals surface area contributed by atoms with Crippen LogP contribution in [-0.2, 0) is 0 Å². The molecular weight excluding hydrogens is 184 g/mol. The van der Waals surface area contributed by atoms with E-state index in [2.05, 4.69) is 25.2 Å². The highest BCUT2D eigenvalue weighted by molar-refractivity contribution is 5.57. The number of nitrogens with one attached hydrogen (secondary N) is 1. The van der Waals surface area contributed by atoms with Gasteiger partial charge in [0.1, 0.15) is 0 Å². The number of benzene rings is 1. The van der Waals surface area contributed by atoms with Crippen molar-refractivity contribution in [2.24, 2.45) is 5.92 Å². The molecule has 0 amide bonds. The highest BCUT2D eigenvalue weighted by Crippen LogP contribution is 2.31. The molecule has 2 rings (SSSR count). The molecule has 0 aliphatic heterocycles. The third-order valence-electron chi connectivity index (χ3n) is 3.49. The van der Waals surface area contributed by atoms with E-state index in [0.29, 0.717) is 6.04 Å². The van der Waals surface area contributed by atoms with Gasteiger partial charge in [0.05, 0.1) is 0 Å². The van der Waals surface area contributed by atoms with E-state index in [1.165, 1.54) is 30.5 Å². The average molecular weight is 204 g/mol. The first-order valence-electron chi connectivity index (χ1n) is 5.79. The van der Waals surface area contributed by atoms with E-state index in [9.17, 15) is 0 Å². The zero-order chi connectivity index (χ0) is 10.8. The summed E-state index contributed by atoms with van der Waals surface area (Å²) in [6, 6.07) is 6.65. The van der Waals surface area contributed by atoms with Crippen LogP contribution in [0.2, 0.25) is 0 Å². The topological polar surface area (TPSA) is 38.0 Å². The second-order valence-electron chi connectivity index (χ2n) is 4.70. The monoisotopic (exact) mass is 204 g/mol. The molecule has 1 saturated carbocycles. The van der Waals surface area contributed by atoms with Crippen molar-refractivity contribution in [1.29, 1.82) is 0 Å². The molecule has 1 aliphatic carbocycles. The highest BCUT2D eigenvalue weighted by Gasteiger charge is 2.23. The molecule has 2 heteroatoms. The summed E-state index contributed by atoms with van der Waals surface area (Å²) in [4.78, 5) is 0. The quantitative estimate of drug-likeness (QED) is 0.742. The van der Waals surface area contributed by atoms with E-state index in [-0.39, 0.29) is 0 Å². The first-order valence-corrected chi connectivity index (χ1v) is 5.79. The maximum absolute atomic E-state index is 5.73. The lowest BCUT2D eigenvalue weighted by Gasteiger charge is -2.33. The van der Waals surface area contributed by atoms with Crippen LogP contribution < -0.4 is 11.1 Å². The number of aryl methyl sites for hydroxylation is 1. The fraction of sp³-hybridized carbons (Fsp3) is 0.538. The lowest BCUT2D eigenvalue weighted by Crippen LogP contribution is -2.31. The van der Waals surface area contributed by atoms with Gasteiger partial charge >= 0.3 is 0 Å². The van der Waals surface area contributed by atoms with Crippen LogP contribution in [0, 0.1) is 12.8 Å². The Bertz CT molecular complexity index is 342. The van der Waals surface area contributed by atoms with Gasteiger partial charge in [-0.1, -0.05) is 6.42 Å². The van der Waals surface area contributed by atoms with Gasteiger partial charge in [-0.05, 0) is 56.4 Å². The van der Waals surface area contributed by atoms with E-state index in [1.807, 2.05) is 12.1 Å². The zero-order valence-electron chi connectivity index (χ0n) is 9.59. The van der Waals surface area contributed by atoms with Gasteiger partial charge in [-0.25, -0.2) is 0 Å². The minimum absolute atomic E-state index is 0.584. The molecule has 0 radical (unpaired) electrons. The first-order chi connectivity index (χ1) is 7.16. The Hall–Kier alpha value is -1.18. The summed E-state index contributed by atoms with van der Waals surface area (Å²) in [5, 5.41) is 3.58. The molecule has 0 spiro atoms. The standard InChI is InChI=1S/C13H20N2/c1-9-8-12(14)6-7-13(9)15-10(2)11-4-3-5-11/h6-8,10-11,15H,3-5,14H2,1-2H3. The van der Waals surface area contributed by atoms with Gasteiger partial charge in [0.2, 0.25) is 0 Å². The average Bonchev–Trinajstić information content (AvgIpc) is 2.07. The Labute approximate surface area is 91.9 Å². The van der Waals surface area contributed by atoms with E-state index in [0.717, 1.165) is 11.6 Å². The Balaban J connectivity index is 2.03. The van der Waals surface area contributed by atoms with Gasteiger partial charge in [0.25, 0.3) is 0 Å². The minimum atomic E-state index is 0.584. The molecule has 3 N–H and O–H groups in total. The molecule has 1 aliphatic rings. The number of anilines is 2. The maximum Gasteiger partial charge on any atom is 0.0373 e. The number of nitrogen functional groups attached to an aromatic ring is 1. The normalized spacial score (nSPS) is 18.3. The molecule has 0 aromatic heterocycles. The molecule has 15 heavy (non-hydrogen) atoms. The van der Waals surface area contributed by atoms with E-state index >= 15 is 0 Å². The fourth-order valence-corrected chi connectivity index (χ4v) is 2.15. The Morgan fingerprint density at radius 2 is 2.13 bits per heavy atom. The second-order valence-corrected chi connectivity index (χ2v) is 4.70. The van der Waals surface area contributed by atoms with Crippen molar-refractivity contribution in [2.45, 2.75) is 39.2 Å². The Morgan fingerprint density at radius 1 is 1.40 bits per heavy atom. The molecule has 0 saturated heterocycles. The summed E-state index contributed by atoms with van der Waals surface area (Å²) in [6.45, 7) is 4.38. The maximum atomic E-state index is 5.73. The highest BCUT2D eigenvalue weighted by atomic mass is 14.9. The molecule has 82 valence electrons. The lowest BCUT2D eigenvalue weighted by atomic mass is 9.80. The van der Waals surface area contributed by atoms with Crippen LogP contribution in [0.3, 0.4) is 0 Å². The van der Waals surface area contributed by atoms with Crippen LogP contribution in [0.4, 0.5) is 11.4 Å². The van der Waals surface area contributed by atoms with Crippen molar-refractivity contribution >= 4 is 11.4 Å². The predicted molar refractivity (Wildman–Crippen MR) is 66.0 cm³/mol. The van der Waals surface area contributed by atoms with E-state index in [1.54, 1.807) is 0 Å². The largest absolute Gasteiger partial charge is 0.399 e. The van der Waals surface area contributed by atoms with Crippen molar-refractivity contribution in [1.82, 2.24) is 0 Å². The van der Waals surface area contributed by atoms with Gasteiger partial charge in [0, 0.05) is 17.4 Å². The van der Waals surface area contributed by atoms with Crippen LogP contribution in [0.15, 0.2) is 18.2 Å². The smallest absolute Gasteiger partial charge is 0.0373 e. The summed E-state index contributed by atoms with van der Waals surface area (Å²) >= 11 is 0. The van der Waals surface area contributed by atoms with Crippen LogP contribution >= 0.6 is 0 Å². The Kier molecular flexibility index (Phi) is 2.85. The van der Waals surface area contributed by atoms with Gasteiger partial charge < -0.3 is 11.1 Å². The molecule has 1 atom stereocenters. The van der Waals surface area contributed by atoms with Crippen molar-refractivity contribution in [3.8, 4) is 0 Å². The van der Waals surface area contributed by atoms with E-state index < -0.39 is 0 Å². The lowest BCUT2D eigenvalue weighted by molar-refractivity contribution is 0.285. The molecule has 1 aromatic rings. The number of rotatable bonds is 3. The van der Waals surface area contributed by atoms with Gasteiger partial charge in [0.15, 0.2) is 0 Å². The van der Waals surface area contributed by atoms with Crippen LogP contribution in [-0.4, -0.2) is 6.04 Å². The Morgan fingerprint density at radius 3 is 2.67 bits per heavy atom. The first kappa shape index (κ1) is 10.3. The van der Waals surface area contributed by atoms with Crippen molar-refractivity contribution in [3.63, 3.8) is 0 Å².